The molecule has 108 valence electrons. The molecule has 3 nitrogen and oxygen atoms in total. The molecule has 0 atom stereocenters. The minimum Gasteiger partial charge on any atom is -0.369 e. The molecule has 0 aliphatic carbocycles. The Morgan fingerprint density at radius 2 is 2.00 bits per heavy atom. The Bertz CT molecular complexity index is 397. The lowest BCUT2D eigenvalue weighted by atomic mass is 10.1. The van der Waals surface area contributed by atoms with Gasteiger partial charge < -0.3 is 5.32 Å². The minimum absolute atomic E-state index is 0.594. The third-order valence-electron chi connectivity index (χ3n) is 2.49. The lowest BCUT2D eigenvalue weighted by Crippen LogP contribution is -2.09. The second-order valence-electron chi connectivity index (χ2n) is 4.93. The predicted molar refractivity (Wildman–Crippen MR) is 88.9 cm³/mol. The number of rotatable bonds is 8. The van der Waals surface area contributed by atoms with E-state index < -0.39 is 0 Å². The van der Waals surface area contributed by atoms with E-state index in [4.69, 9.17) is 4.98 Å². The van der Waals surface area contributed by atoms with Crippen molar-refractivity contribution in [1.82, 2.24) is 9.97 Å². The summed E-state index contributed by atoms with van der Waals surface area (Å²) < 4.78 is 1.02. The Hall–Kier alpha value is -0.290. The highest BCUT2D eigenvalue weighted by Gasteiger charge is 2.13. The molecule has 0 bridgehead atoms. The summed E-state index contributed by atoms with van der Waals surface area (Å²) in [6.07, 6.45) is 2.17. The van der Waals surface area contributed by atoms with E-state index in [2.05, 4.69) is 53.9 Å². The fourth-order valence-electron chi connectivity index (χ4n) is 1.72. The van der Waals surface area contributed by atoms with Crippen molar-refractivity contribution < 1.29 is 0 Å². The molecule has 0 aliphatic heterocycles. The average Bonchev–Trinajstić information content (AvgIpc) is 2.35. The van der Waals surface area contributed by atoms with Gasteiger partial charge in [0, 0.05) is 6.54 Å². The van der Waals surface area contributed by atoms with Crippen LogP contribution < -0.4 is 5.32 Å². The number of hydrogen-bond donors (Lipinski definition) is 1. The van der Waals surface area contributed by atoms with Crippen LogP contribution in [0.4, 0.5) is 5.82 Å². The molecule has 1 rings (SSSR count). The van der Waals surface area contributed by atoms with E-state index in [1.54, 1.807) is 0 Å². The zero-order valence-corrected chi connectivity index (χ0v) is 14.7. The largest absolute Gasteiger partial charge is 0.369 e. The van der Waals surface area contributed by atoms with Crippen LogP contribution in [0.1, 0.15) is 45.6 Å². The lowest BCUT2D eigenvalue weighted by Gasteiger charge is -2.13. The minimum atomic E-state index is 0.594. The summed E-state index contributed by atoms with van der Waals surface area (Å²) in [5.74, 6) is 4.52. The normalized spacial score (nSPS) is 11.1. The Morgan fingerprint density at radius 1 is 1.26 bits per heavy atom. The fourth-order valence-corrected chi connectivity index (χ4v) is 2.95. The van der Waals surface area contributed by atoms with E-state index in [1.807, 2.05) is 11.8 Å². The highest BCUT2D eigenvalue weighted by atomic mass is 79.9. The number of anilines is 1. The molecule has 1 N–H and O–H groups in total. The third kappa shape index (κ3) is 5.69. The Labute approximate surface area is 129 Å². The fraction of sp³-hybridized carbons (Fsp3) is 0.714. The highest BCUT2D eigenvalue weighted by Crippen LogP contribution is 2.26. The Morgan fingerprint density at radius 3 is 2.58 bits per heavy atom. The molecule has 0 spiro atoms. The van der Waals surface area contributed by atoms with Crippen molar-refractivity contribution >= 4 is 33.5 Å². The van der Waals surface area contributed by atoms with Gasteiger partial charge in [-0.25, -0.2) is 9.97 Å². The van der Waals surface area contributed by atoms with Gasteiger partial charge in [-0.1, -0.05) is 20.8 Å². The van der Waals surface area contributed by atoms with Crippen LogP contribution >= 0.6 is 27.7 Å². The summed E-state index contributed by atoms with van der Waals surface area (Å²) in [4.78, 5) is 9.32. The van der Waals surface area contributed by atoms with Crippen molar-refractivity contribution in [2.45, 2.75) is 46.3 Å². The highest BCUT2D eigenvalue weighted by molar-refractivity contribution is 9.10. The lowest BCUT2D eigenvalue weighted by molar-refractivity contribution is 0.629. The molecule has 0 amide bonds. The average molecular weight is 346 g/mol. The van der Waals surface area contributed by atoms with Crippen molar-refractivity contribution in [3.63, 3.8) is 0 Å². The van der Waals surface area contributed by atoms with Gasteiger partial charge in [-0.05, 0) is 47.4 Å². The maximum atomic E-state index is 4.71. The van der Waals surface area contributed by atoms with E-state index in [9.17, 15) is 0 Å². The Kier molecular flexibility index (Phi) is 7.76. The van der Waals surface area contributed by atoms with Gasteiger partial charge in [0.15, 0.2) is 0 Å². The molecule has 0 radical (unpaired) electrons. The summed E-state index contributed by atoms with van der Waals surface area (Å²) in [6.45, 7) is 9.59. The maximum Gasteiger partial charge on any atom is 0.144 e. The van der Waals surface area contributed by atoms with Gasteiger partial charge in [0.1, 0.15) is 11.6 Å². The number of thioether (sulfide) groups is 1. The molecule has 0 fully saturated rings. The van der Waals surface area contributed by atoms with Crippen LogP contribution in [-0.2, 0) is 12.2 Å². The SMILES string of the molecule is CCCSCc1nc(CC(C)C)c(Br)c(NCC)n1. The summed E-state index contributed by atoms with van der Waals surface area (Å²) in [7, 11) is 0. The van der Waals surface area contributed by atoms with Crippen molar-refractivity contribution in [1.29, 1.82) is 0 Å². The van der Waals surface area contributed by atoms with E-state index >= 15 is 0 Å². The van der Waals surface area contributed by atoms with E-state index in [0.717, 1.165) is 46.3 Å². The quantitative estimate of drug-likeness (QED) is 0.703. The number of hydrogen-bond acceptors (Lipinski definition) is 4. The van der Waals surface area contributed by atoms with Crippen LogP contribution in [0.5, 0.6) is 0 Å². The molecule has 0 unspecified atom stereocenters. The number of aromatic nitrogens is 2. The van der Waals surface area contributed by atoms with E-state index in [1.165, 1.54) is 6.42 Å². The standard InChI is InChI=1S/C14H24BrN3S/c1-5-7-19-9-12-17-11(8-10(3)4)13(15)14(18-12)16-6-2/h10H,5-9H2,1-4H3,(H,16,17,18). The molecular weight excluding hydrogens is 322 g/mol. The van der Waals surface area contributed by atoms with Crippen LogP contribution in [0, 0.1) is 5.92 Å². The maximum absolute atomic E-state index is 4.71. The van der Waals surface area contributed by atoms with Crippen LogP contribution in [0.3, 0.4) is 0 Å². The molecule has 0 saturated carbocycles. The van der Waals surface area contributed by atoms with Gasteiger partial charge in [0.25, 0.3) is 0 Å². The predicted octanol–water partition coefficient (Wildman–Crippen LogP) is 4.51. The molecule has 5 heteroatoms. The summed E-state index contributed by atoms with van der Waals surface area (Å²) in [5.41, 5.74) is 1.12. The first kappa shape index (κ1) is 16.8. The zero-order chi connectivity index (χ0) is 14.3. The van der Waals surface area contributed by atoms with Gasteiger partial charge in [-0.3, -0.25) is 0 Å². The summed E-state index contributed by atoms with van der Waals surface area (Å²) >= 11 is 5.53. The second-order valence-corrected chi connectivity index (χ2v) is 6.83. The van der Waals surface area contributed by atoms with Gasteiger partial charge in [-0.2, -0.15) is 11.8 Å². The number of nitrogens with zero attached hydrogens (tertiary/aromatic N) is 2. The molecule has 19 heavy (non-hydrogen) atoms. The van der Waals surface area contributed by atoms with Crippen molar-refractivity contribution in [3.05, 3.63) is 16.0 Å². The molecular formula is C14H24BrN3S. The molecule has 1 aromatic heterocycles. The molecule has 0 aromatic carbocycles. The van der Waals surface area contributed by atoms with Crippen LogP contribution in [0.2, 0.25) is 0 Å². The van der Waals surface area contributed by atoms with Gasteiger partial charge >= 0.3 is 0 Å². The van der Waals surface area contributed by atoms with Crippen LogP contribution in [0.25, 0.3) is 0 Å². The summed E-state index contributed by atoms with van der Waals surface area (Å²) in [6, 6.07) is 0. The number of nitrogens with one attached hydrogen (secondary N) is 1. The first-order valence-electron chi connectivity index (χ1n) is 6.95. The number of halogens is 1. The molecule has 1 aromatic rings. The van der Waals surface area contributed by atoms with Gasteiger partial charge in [-0.15, -0.1) is 0 Å². The first-order valence-corrected chi connectivity index (χ1v) is 8.90. The van der Waals surface area contributed by atoms with E-state index in [0.29, 0.717) is 5.92 Å². The molecule has 0 saturated heterocycles. The Balaban J connectivity index is 2.93. The van der Waals surface area contributed by atoms with Crippen LogP contribution in [0.15, 0.2) is 4.47 Å². The molecule has 0 aliphatic rings. The van der Waals surface area contributed by atoms with Gasteiger partial charge in [0.2, 0.25) is 0 Å². The van der Waals surface area contributed by atoms with E-state index in [-0.39, 0.29) is 0 Å². The second kappa shape index (κ2) is 8.80. The zero-order valence-electron chi connectivity index (χ0n) is 12.3. The smallest absolute Gasteiger partial charge is 0.144 e. The van der Waals surface area contributed by atoms with Crippen molar-refractivity contribution in [3.8, 4) is 0 Å². The summed E-state index contributed by atoms with van der Waals surface area (Å²) in [5, 5.41) is 3.31. The van der Waals surface area contributed by atoms with Crippen molar-refractivity contribution in [2.75, 3.05) is 17.6 Å². The first-order chi connectivity index (χ1) is 9.08. The van der Waals surface area contributed by atoms with Crippen LogP contribution in [-0.4, -0.2) is 22.3 Å². The topological polar surface area (TPSA) is 37.8 Å². The van der Waals surface area contributed by atoms with Crippen molar-refractivity contribution in [2.24, 2.45) is 5.92 Å². The van der Waals surface area contributed by atoms with Gasteiger partial charge in [0.05, 0.1) is 15.9 Å². The third-order valence-corrected chi connectivity index (χ3v) is 4.48. The monoisotopic (exact) mass is 345 g/mol. The molecule has 1 heterocycles.